The fourth-order valence-corrected chi connectivity index (χ4v) is 4.76. The highest BCUT2D eigenvalue weighted by Crippen LogP contribution is 2.39. The number of ether oxygens (including phenoxy) is 2. The molecule has 166 valence electrons. The van der Waals surface area contributed by atoms with Gasteiger partial charge in [-0.25, -0.2) is 0 Å². The first-order valence-corrected chi connectivity index (χ1v) is 13.8. The zero-order valence-electron chi connectivity index (χ0n) is 18.8. The van der Waals surface area contributed by atoms with Crippen LogP contribution < -0.4 is 0 Å². The summed E-state index contributed by atoms with van der Waals surface area (Å²) in [6, 6.07) is 9.89. The van der Waals surface area contributed by atoms with Gasteiger partial charge in [-0.3, -0.25) is 0 Å². The minimum atomic E-state index is -1.88. The zero-order chi connectivity index (χ0) is 21.5. The Bertz CT molecular complexity index is 587. The van der Waals surface area contributed by atoms with Gasteiger partial charge in [-0.1, -0.05) is 51.1 Å². The lowest BCUT2D eigenvalue weighted by molar-refractivity contribution is -0.0970. The Hall–Kier alpha value is -0.763. The van der Waals surface area contributed by atoms with E-state index in [0.29, 0.717) is 13.0 Å². The van der Waals surface area contributed by atoms with Gasteiger partial charge in [0.15, 0.2) is 8.32 Å². The number of hydrogen-bond donors (Lipinski definition) is 2. The molecule has 1 aromatic carbocycles. The number of aliphatic hydroxyl groups excluding tert-OH is 2. The Morgan fingerprint density at radius 2 is 1.90 bits per heavy atom. The van der Waals surface area contributed by atoms with E-state index in [9.17, 15) is 10.2 Å². The molecule has 4 atom stereocenters. The van der Waals surface area contributed by atoms with Crippen molar-refractivity contribution in [2.24, 2.45) is 0 Å². The van der Waals surface area contributed by atoms with E-state index in [1.807, 2.05) is 30.3 Å². The van der Waals surface area contributed by atoms with Crippen LogP contribution in [-0.2, 0) is 20.5 Å². The predicted molar refractivity (Wildman–Crippen MR) is 118 cm³/mol. The minimum absolute atomic E-state index is 0.00610. The van der Waals surface area contributed by atoms with E-state index in [0.717, 1.165) is 31.4 Å². The van der Waals surface area contributed by atoms with Crippen molar-refractivity contribution in [3.63, 3.8) is 0 Å². The first-order chi connectivity index (χ1) is 13.6. The lowest BCUT2D eigenvalue weighted by Crippen LogP contribution is -2.49. The highest BCUT2D eigenvalue weighted by molar-refractivity contribution is 6.74. The average molecular weight is 425 g/mol. The SMILES string of the molecule is CC(C)(C)[Si](C)(C)O[C@H]1CCCO[C@@H]1CC[C@H](OCc1ccccc1)[C@H](O)CO. The molecular weight excluding hydrogens is 384 g/mol. The van der Waals surface area contributed by atoms with Crippen molar-refractivity contribution in [2.45, 2.75) is 95.6 Å². The summed E-state index contributed by atoms with van der Waals surface area (Å²) in [5.74, 6) is 0. The first-order valence-electron chi connectivity index (χ1n) is 10.9. The molecule has 1 aliphatic rings. The predicted octanol–water partition coefficient (Wildman–Crippen LogP) is 4.27. The molecule has 5 nitrogen and oxygen atoms in total. The Balaban J connectivity index is 1.96. The van der Waals surface area contributed by atoms with Gasteiger partial charge in [-0.05, 0) is 49.4 Å². The molecule has 0 amide bonds. The normalized spacial score (nSPS) is 23.0. The van der Waals surface area contributed by atoms with Crippen LogP contribution >= 0.6 is 0 Å². The van der Waals surface area contributed by atoms with E-state index in [4.69, 9.17) is 13.9 Å². The van der Waals surface area contributed by atoms with Crippen LogP contribution in [0.5, 0.6) is 0 Å². The molecule has 1 heterocycles. The molecule has 0 aliphatic carbocycles. The second-order valence-corrected chi connectivity index (χ2v) is 14.4. The fraction of sp³-hybridized carbons (Fsp3) is 0.739. The van der Waals surface area contributed by atoms with Crippen LogP contribution in [0.3, 0.4) is 0 Å². The van der Waals surface area contributed by atoms with Crippen LogP contribution in [-0.4, -0.2) is 56.2 Å². The van der Waals surface area contributed by atoms with Gasteiger partial charge in [-0.15, -0.1) is 0 Å². The lowest BCUT2D eigenvalue weighted by Gasteiger charge is -2.43. The molecule has 0 saturated carbocycles. The molecule has 0 bridgehead atoms. The molecule has 0 spiro atoms. The van der Waals surface area contributed by atoms with E-state index in [-0.39, 0.29) is 23.9 Å². The zero-order valence-corrected chi connectivity index (χ0v) is 19.8. The van der Waals surface area contributed by atoms with Gasteiger partial charge in [0.25, 0.3) is 0 Å². The standard InChI is InChI=1S/C23H40O5Si/c1-23(2,3)29(4,5)28-22-12-9-15-26-21(22)14-13-20(19(25)16-24)27-17-18-10-7-6-8-11-18/h6-8,10-11,19-22,24-25H,9,12-17H2,1-5H3/t19-,20+,21-,22+/m1/s1. The van der Waals surface area contributed by atoms with Crippen molar-refractivity contribution in [1.29, 1.82) is 0 Å². The topological polar surface area (TPSA) is 68.2 Å². The maximum Gasteiger partial charge on any atom is 0.192 e. The molecule has 1 aliphatic heterocycles. The number of aliphatic hydroxyl groups is 2. The van der Waals surface area contributed by atoms with Crippen LogP contribution in [0.25, 0.3) is 0 Å². The van der Waals surface area contributed by atoms with E-state index in [2.05, 4.69) is 33.9 Å². The van der Waals surface area contributed by atoms with Gasteiger partial charge in [0.2, 0.25) is 0 Å². The van der Waals surface area contributed by atoms with Gasteiger partial charge in [0.1, 0.15) is 6.10 Å². The highest BCUT2D eigenvalue weighted by Gasteiger charge is 2.41. The molecule has 1 saturated heterocycles. The molecule has 0 aromatic heterocycles. The van der Waals surface area contributed by atoms with E-state index in [1.165, 1.54) is 0 Å². The van der Waals surface area contributed by atoms with Crippen molar-refractivity contribution in [3.05, 3.63) is 35.9 Å². The number of rotatable bonds is 10. The summed E-state index contributed by atoms with van der Waals surface area (Å²) < 4.78 is 18.7. The third-order valence-corrected chi connectivity index (χ3v) is 10.8. The van der Waals surface area contributed by atoms with Gasteiger partial charge in [0, 0.05) is 6.61 Å². The van der Waals surface area contributed by atoms with Crippen molar-refractivity contribution in [2.75, 3.05) is 13.2 Å². The highest BCUT2D eigenvalue weighted by atomic mass is 28.4. The maximum absolute atomic E-state index is 10.2. The third kappa shape index (κ3) is 7.46. The second kappa shape index (κ2) is 11.0. The average Bonchev–Trinajstić information content (AvgIpc) is 2.68. The van der Waals surface area contributed by atoms with Crippen molar-refractivity contribution in [3.8, 4) is 0 Å². The Morgan fingerprint density at radius 3 is 2.52 bits per heavy atom. The Labute approximate surface area is 177 Å². The molecule has 6 heteroatoms. The van der Waals surface area contributed by atoms with Crippen LogP contribution in [0.1, 0.15) is 52.0 Å². The molecule has 0 radical (unpaired) electrons. The summed E-state index contributed by atoms with van der Waals surface area (Å²) in [4.78, 5) is 0. The molecule has 2 rings (SSSR count). The molecule has 2 N–H and O–H groups in total. The van der Waals surface area contributed by atoms with Crippen LogP contribution in [0.2, 0.25) is 18.1 Å². The molecular formula is C23H40O5Si. The second-order valence-electron chi connectivity index (χ2n) is 9.63. The fourth-order valence-electron chi connectivity index (χ4n) is 3.38. The van der Waals surface area contributed by atoms with Crippen LogP contribution in [0.15, 0.2) is 30.3 Å². The number of hydrogen-bond acceptors (Lipinski definition) is 5. The van der Waals surface area contributed by atoms with E-state index in [1.54, 1.807) is 0 Å². The number of benzene rings is 1. The molecule has 29 heavy (non-hydrogen) atoms. The van der Waals surface area contributed by atoms with Crippen LogP contribution in [0, 0.1) is 0 Å². The third-order valence-electron chi connectivity index (χ3n) is 6.29. The summed E-state index contributed by atoms with van der Waals surface area (Å²) in [5.41, 5.74) is 1.05. The van der Waals surface area contributed by atoms with E-state index < -0.39 is 20.5 Å². The first kappa shape index (κ1) is 24.5. The Kier molecular flexibility index (Phi) is 9.32. The van der Waals surface area contributed by atoms with E-state index >= 15 is 0 Å². The maximum atomic E-state index is 10.2. The molecule has 0 unspecified atom stereocenters. The Morgan fingerprint density at radius 1 is 1.21 bits per heavy atom. The summed E-state index contributed by atoms with van der Waals surface area (Å²) in [6.45, 7) is 12.2. The minimum Gasteiger partial charge on any atom is -0.411 e. The van der Waals surface area contributed by atoms with Crippen molar-refractivity contribution < 1.29 is 24.1 Å². The summed E-state index contributed by atoms with van der Waals surface area (Å²) >= 11 is 0. The molecule has 1 aromatic rings. The van der Waals surface area contributed by atoms with Crippen molar-refractivity contribution >= 4 is 8.32 Å². The monoisotopic (exact) mass is 424 g/mol. The summed E-state index contributed by atoms with van der Waals surface area (Å²) in [5, 5.41) is 19.9. The van der Waals surface area contributed by atoms with Gasteiger partial charge < -0.3 is 24.1 Å². The quantitative estimate of drug-likeness (QED) is 0.549. The molecule has 1 fully saturated rings. The van der Waals surface area contributed by atoms with Crippen LogP contribution in [0.4, 0.5) is 0 Å². The van der Waals surface area contributed by atoms with Gasteiger partial charge >= 0.3 is 0 Å². The lowest BCUT2D eigenvalue weighted by atomic mass is 9.98. The van der Waals surface area contributed by atoms with Gasteiger partial charge in [-0.2, -0.15) is 0 Å². The van der Waals surface area contributed by atoms with Crippen molar-refractivity contribution in [1.82, 2.24) is 0 Å². The van der Waals surface area contributed by atoms with Gasteiger partial charge in [0.05, 0.1) is 31.5 Å². The summed E-state index contributed by atoms with van der Waals surface area (Å²) in [6.07, 6.45) is 2.16. The smallest absolute Gasteiger partial charge is 0.192 e. The summed E-state index contributed by atoms with van der Waals surface area (Å²) in [7, 11) is -1.88. The largest absolute Gasteiger partial charge is 0.411 e.